The van der Waals surface area contributed by atoms with Crippen LogP contribution in [0.5, 0.6) is 0 Å². The van der Waals surface area contributed by atoms with Gasteiger partial charge in [0.1, 0.15) is 51.8 Å². The SMILES string of the molecule is CC(C)N1CCN(c2ccc(Nc3ncc4c(n3)C3=C(C4)C(=O)CCC34CCCCC4)nc2)CC1.CC(C)N1CCN(c2ccc(Nc3ncc4nc5n(c4n3)C3(CCCCC3)CCC5=O)nc2)CC1.CC(C)N1CCN(c2ccc(Nc3ncc4nn5c(c4n3)C3(CCCCC3)CCC5=O)nc2)CC1.CC(C)N1CCN(c2ccc(Nc3ncn4nc5c(c4n3)C3(CCCCC3)CCC5=O)nc2)CC1. The number of Topliss-reactive ketones (excluding diaryl/α,β-unsaturated/α-hetero) is 3. The fourth-order valence-corrected chi connectivity index (χ4v) is 25.1. The summed E-state index contributed by atoms with van der Waals surface area (Å²) in [5.41, 5.74) is 15.4. The number of carbonyl (C=O) groups excluding carboxylic acids is 4. The Hall–Kier alpha value is -12.0. The molecule has 8 fully saturated rings. The highest BCUT2D eigenvalue weighted by molar-refractivity contribution is 6.08. The fraction of sp³-hybridized carbons (Fsp3) is 0.575. The maximum atomic E-state index is 12.8. The summed E-state index contributed by atoms with van der Waals surface area (Å²) in [5.74, 6) is 6.05. The van der Waals surface area contributed by atoms with Gasteiger partial charge in [0.2, 0.25) is 29.7 Å². The minimum atomic E-state index is -0.0403. The average molecular weight is 1900 g/mol. The van der Waals surface area contributed by atoms with Crippen molar-refractivity contribution in [1.82, 2.24) is 108 Å². The number of ketones is 3. The predicted octanol–water partition coefficient (Wildman–Crippen LogP) is 17.0. The standard InChI is InChI=1S/C28H36N6O.3C26H34N8O/c1-19(2)33-12-14-34(15-13-33)21-6-7-24(29-18-21)31-27-30-17-20-16-22-23(35)8-11-28(9-4-3-5-10-28)25(22)26(20)32-27;1-18(2)32-12-14-33(15-13-32)19-6-7-22(27-16-19)30-25-28-17-20-23(31-25)34-24(29-20)21(35)8-11-26(34)9-4-3-5-10-26;1-18(2)32-12-14-33(15-13-32)19-6-7-21(27-16-19)29-25-28-17-20-23(30-25)24-26(9-4-3-5-10-26)11-8-22(35)34(24)31-20;1-18(2)32-12-14-33(15-13-32)19-6-7-21(27-16-19)29-25-28-17-34-24(30-25)22-23(31-34)20(35)8-11-26(22)9-4-3-5-10-26/h6-7,17-19H,3-5,8-16H2,1-2H3,(H,29,30,31,32);6-7,16-18H,3-5,8-15H2,1-2H3,(H,27,28,30,31);2*6-7,16-18H,3-5,8-15H2,1-2H3,(H,27,29,30). The zero-order valence-electron chi connectivity index (χ0n) is 83.1. The van der Waals surface area contributed by atoms with Crippen molar-refractivity contribution < 1.29 is 19.2 Å². The number of aromatic nitrogens is 18. The number of nitrogens with zero attached hydrogens (tertiary/aromatic N) is 26. The summed E-state index contributed by atoms with van der Waals surface area (Å²) in [6.45, 7) is 34.8. The molecule has 24 rings (SSSR count). The monoisotopic (exact) mass is 1900 g/mol. The molecule has 7 aliphatic carbocycles. The Morgan fingerprint density at radius 2 is 0.743 bits per heavy atom. The zero-order valence-corrected chi connectivity index (χ0v) is 83.1. The Balaban J connectivity index is 0.000000111. The second-order valence-electron chi connectivity index (χ2n) is 42.7. The third kappa shape index (κ3) is 19.2. The predicted molar refractivity (Wildman–Crippen MR) is 547 cm³/mol. The molecule has 4 saturated carbocycles. The molecule has 11 aromatic rings. The molecule has 0 radical (unpaired) electrons. The van der Waals surface area contributed by atoms with Gasteiger partial charge in [0.05, 0.1) is 71.3 Å². The van der Waals surface area contributed by atoms with Crippen molar-refractivity contribution >= 4 is 126 Å². The smallest absolute Gasteiger partial charge is 0.247 e. The molecule has 4 saturated heterocycles. The van der Waals surface area contributed by atoms with Gasteiger partial charge in [0.15, 0.2) is 34.5 Å². The number of piperazine rings is 4. The molecule has 6 aliphatic heterocycles. The summed E-state index contributed by atoms with van der Waals surface area (Å²) in [5, 5.41) is 22.3. The van der Waals surface area contributed by atoms with Crippen LogP contribution >= 0.6 is 0 Å². The number of carbonyl (C=O) groups is 4. The quantitative estimate of drug-likeness (QED) is 0.0698. The van der Waals surface area contributed by atoms with E-state index in [4.69, 9.17) is 19.9 Å². The van der Waals surface area contributed by atoms with E-state index in [2.05, 4.69) is 200 Å². The van der Waals surface area contributed by atoms with Crippen molar-refractivity contribution in [3.63, 3.8) is 0 Å². The number of fused-ring (bicyclic) bond motifs is 15. The zero-order chi connectivity index (χ0) is 96.0. The molecule has 13 aliphatic rings. The average Bonchev–Trinajstić information content (AvgIpc) is 1.59. The molecule has 4 N–H and O–H groups in total. The lowest BCUT2D eigenvalue weighted by Crippen LogP contribution is -2.48. The van der Waals surface area contributed by atoms with Crippen LogP contribution in [0.15, 0.2) is 104 Å². The Kier molecular flexibility index (Phi) is 27.0. The largest absolute Gasteiger partial charge is 0.368 e. The highest BCUT2D eigenvalue weighted by Gasteiger charge is 2.50. The maximum Gasteiger partial charge on any atom is 0.247 e. The van der Waals surface area contributed by atoms with Gasteiger partial charge in [-0.2, -0.15) is 20.2 Å². The van der Waals surface area contributed by atoms with Crippen LogP contribution in [-0.4, -0.2) is 260 Å². The van der Waals surface area contributed by atoms with E-state index in [9.17, 15) is 19.2 Å². The topological polar surface area (TPSA) is 350 Å². The van der Waals surface area contributed by atoms with Crippen LogP contribution in [-0.2, 0) is 27.6 Å². The lowest BCUT2D eigenvalue weighted by Gasteiger charge is -2.42. The number of allylic oxidation sites excluding steroid dienone is 2. The first-order valence-electron chi connectivity index (χ1n) is 52.5. The summed E-state index contributed by atoms with van der Waals surface area (Å²) >= 11 is 0. The Bertz CT molecular complexity index is 5870. The van der Waals surface area contributed by atoms with Crippen LogP contribution in [0.3, 0.4) is 0 Å². The number of nitrogens with one attached hydrogen (secondary N) is 4. The molecule has 140 heavy (non-hydrogen) atoms. The van der Waals surface area contributed by atoms with Crippen molar-refractivity contribution in [2.45, 2.75) is 282 Å². The molecule has 0 bridgehead atoms. The Morgan fingerprint density at radius 3 is 1.22 bits per heavy atom. The van der Waals surface area contributed by atoms with Crippen LogP contribution in [0.2, 0.25) is 0 Å². The van der Waals surface area contributed by atoms with Gasteiger partial charge in [-0.25, -0.2) is 64.0 Å². The normalized spacial score (nSPS) is 20.9. The summed E-state index contributed by atoms with van der Waals surface area (Å²) < 4.78 is 5.46. The van der Waals surface area contributed by atoms with E-state index in [-0.39, 0.29) is 39.3 Å². The lowest BCUT2D eigenvalue weighted by atomic mass is 9.62. The van der Waals surface area contributed by atoms with E-state index in [0.29, 0.717) is 126 Å². The van der Waals surface area contributed by atoms with Gasteiger partial charge >= 0.3 is 0 Å². The van der Waals surface area contributed by atoms with Gasteiger partial charge in [0.25, 0.3) is 0 Å². The van der Waals surface area contributed by atoms with Gasteiger partial charge in [-0.3, -0.25) is 43.3 Å². The molecule has 0 unspecified atom stereocenters. The lowest BCUT2D eigenvalue weighted by molar-refractivity contribution is -0.116. The molecular formula is C106H138N30O4. The number of rotatable bonds is 16. The minimum Gasteiger partial charge on any atom is -0.368 e. The van der Waals surface area contributed by atoms with Crippen molar-refractivity contribution in [3.8, 4) is 0 Å². The van der Waals surface area contributed by atoms with Gasteiger partial charge in [-0.1, -0.05) is 77.0 Å². The fourth-order valence-electron chi connectivity index (χ4n) is 25.1. The molecule has 0 aromatic carbocycles. The van der Waals surface area contributed by atoms with E-state index in [1.807, 2.05) is 55.2 Å². The second-order valence-corrected chi connectivity index (χ2v) is 42.7. The first kappa shape index (κ1) is 94.2. The number of hydrogen-bond donors (Lipinski definition) is 4. The number of anilines is 12. The Morgan fingerprint density at radius 1 is 0.336 bits per heavy atom. The molecule has 736 valence electrons. The second kappa shape index (κ2) is 40.2. The number of pyridine rings is 4. The van der Waals surface area contributed by atoms with Crippen LogP contribution in [0.25, 0.3) is 33.4 Å². The summed E-state index contributed by atoms with van der Waals surface area (Å²) in [7, 11) is 0. The van der Waals surface area contributed by atoms with E-state index in [0.717, 1.165) is 242 Å². The van der Waals surface area contributed by atoms with Crippen molar-refractivity contribution in [3.05, 3.63) is 138 Å². The van der Waals surface area contributed by atoms with Crippen LogP contribution in [0.4, 0.5) is 69.8 Å². The molecule has 0 atom stereocenters. The third-order valence-electron chi connectivity index (χ3n) is 33.2. The van der Waals surface area contributed by atoms with Crippen LogP contribution in [0, 0.1) is 5.41 Å². The van der Waals surface area contributed by atoms with Crippen LogP contribution in [0.1, 0.15) is 284 Å². The molecule has 11 aromatic heterocycles. The maximum absolute atomic E-state index is 12.8. The van der Waals surface area contributed by atoms with E-state index < -0.39 is 0 Å². The number of hydrogen-bond acceptors (Lipinski definition) is 31. The van der Waals surface area contributed by atoms with E-state index in [1.54, 1.807) is 27.9 Å². The highest BCUT2D eigenvalue weighted by Crippen LogP contribution is 2.58. The summed E-state index contributed by atoms with van der Waals surface area (Å²) in [4.78, 5) is 131. The minimum absolute atomic E-state index is 0.00598. The molecule has 17 heterocycles. The molecule has 34 nitrogen and oxygen atoms in total. The number of imidazole rings is 1. The molecular weight excluding hydrogens is 1760 g/mol. The first-order chi connectivity index (χ1) is 68.1. The summed E-state index contributed by atoms with van der Waals surface area (Å²) in [6, 6.07) is 18.8. The van der Waals surface area contributed by atoms with Gasteiger partial charge < -0.3 is 40.9 Å². The first-order valence-corrected chi connectivity index (χ1v) is 52.5. The third-order valence-corrected chi connectivity index (χ3v) is 33.2. The van der Waals surface area contributed by atoms with Crippen LogP contribution < -0.4 is 40.9 Å². The molecule has 4 spiro atoms. The van der Waals surface area contributed by atoms with E-state index >= 15 is 0 Å². The summed E-state index contributed by atoms with van der Waals surface area (Å²) in [6.07, 6.45) is 45.2. The van der Waals surface area contributed by atoms with Gasteiger partial charge in [-0.05, 0) is 192 Å². The molecule has 0 amide bonds. The van der Waals surface area contributed by atoms with Crippen molar-refractivity contribution in [2.24, 2.45) is 5.41 Å². The van der Waals surface area contributed by atoms with Crippen molar-refractivity contribution in [2.75, 3.05) is 146 Å². The highest BCUT2D eigenvalue weighted by atomic mass is 16.2. The Labute approximate surface area is 820 Å². The van der Waals surface area contributed by atoms with Gasteiger partial charge in [-0.15, -0.1) is 0 Å². The van der Waals surface area contributed by atoms with Gasteiger partial charge in [0, 0.05) is 200 Å². The van der Waals surface area contributed by atoms with E-state index in [1.165, 1.54) is 95.5 Å². The van der Waals surface area contributed by atoms with Crippen molar-refractivity contribution in [1.29, 1.82) is 0 Å². The molecule has 34 heteroatoms.